The van der Waals surface area contributed by atoms with Crippen LogP contribution in [-0.4, -0.2) is 15.8 Å². The summed E-state index contributed by atoms with van der Waals surface area (Å²) in [6.07, 6.45) is 6.06. The minimum absolute atomic E-state index is 0.326. The Labute approximate surface area is 102 Å². The van der Waals surface area contributed by atoms with Crippen molar-refractivity contribution in [3.8, 4) is 5.75 Å². The van der Waals surface area contributed by atoms with Gasteiger partial charge in [0.1, 0.15) is 5.75 Å². The quantitative estimate of drug-likeness (QED) is 0.828. The predicted molar refractivity (Wildman–Crippen MR) is 69.7 cm³/mol. The molecule has 2 N–H and O–H groups in total. The Morgan fingerprint density at radius 1 is 1.18 bits per heavy atom. The van der Waals surface area contributed by atoms with E-state index in [1.54, 1.807) is 12.1 Å². The summed E-state index contributed by atoms with van der Waals surface area (Å²) in [6.45, 7) is 2.17. The maximum atomic E-state index is 9.19. The van der Waals surface area contributed by atoms with Gasteiger partial charge in [-0.1, -0.05) is 12.1 Å². The van der Waals surface area contributed by atoms with E-state index in [9.17, 15) is 5.11 Å². The number of nitrogens with zero attached hydrogens (tertiary/aromatic N) is 1. The zero-order chi connectivity index (χ0) is 12.1. The second-order valence-corrected chi connectivity index (χ2v) is 4.33. The standard InChI is InChI=1S/C14H18N2O/c1-12(15-16-10-2-3-11-16)4-5-13-6-8-14(17)9-7-13/h2-3,6-12,15,17H,4-5H2,1H3. The topological polar surface area (TPSA) is 37.2 Å². The number of rotatable bonds is 5. The van der Waals surface area contributed by atoms with E-state index in [0.29, 0.717) is 11.8 Å². The van der Waals surface area contributed by atoms with Crippen LogP contribution < -0.4 is 5.43 Å². The van der Waals surface area contributed by atoms with Crippen LogP contribution in [0.1, 0.15) is 18.9 Å². The fourth-order valence-corrected chi connectivity index (χ4v) is 1.79. The van der Waals surface area contributed by atoms with Crippen molar-refractivity contribution >= 4 is 0 Å². The third-order valence-corrected chi connectivity index (χ3v) is 2.78. The smallest absolute Gasteiger partial charge is 0.115 e. The molecule has 0 aliphatic rings. The van der Waals surface area contributed by atoms with Gasteiger partial charge in [-0.2, -0.15) is 0 Å². The first-order valence-corrected chi connectivity index (χ1v) is 5.91. The largest absolute Gasteiger partial charge is 0.508 e. The van der Waals surface area contributed by atoms with Crippen molar-refractivity contribution in [2.75, 3.05) is 5.43 Å². The van der Waals surface area contributed by atoms with Crippen LogP contribution >= 0.6 is 0 Å². The molecule has 90 valence electrons. The summed E-state index contributed by atoms with van der Waals surface area (Å²) in [7, 11) is 0. The number of aryl methyl sites for hydroxylation is 1. The molecular weight excluding hydrogens is 212 g/mol. The van der Waals surface area contributed by atoms with E-state index in [1.165, 1.54) is 5.56 Å². The Hall–Kier alpha value is -1.90. The van der Waals surface area contributed by atoms with Gasteiger partial charge in [-0.25, -0.2) is 0 Å². The van der Waals surface area contributed by atoms with Crippen LogP contribution in [0.3, 0.4) is 0 Å². The van der Waals surface area contributed by atoms with E-state index in [0.717, 1.165) is 12.8 Å². The minimum Gasteiger partial charge on any atom is -0.508 e. The number of benzene rings is 1. The Bertz CT molecular complexity index is 434. The molecule has 1 atom stereocenters. The molecule has 3 heteroatoms. The van der Waals surface area contributed by atoms with Crippen LogP contribution in [0.2, 0.25) is 0 Å². The molecule has 0 aliphatic carbocycles. The van der Waals surface area contributed by atoms with Crippen LogP contribution in [0.25, 0.3) is 0 Å². The van der Waals surface area contributed by atoms with Crippen molar-refractivity contribution < 1.29 is 5.11 Å². The van der Waals surface area contributed by atoms with Crippen molar-refractivity contribution in [1.29, 1.82) is 0 Å². The molecule has 1 heterocycles. The molecule has 0 bridgehead atoms. The van der Waals surface area contributed by atoms with Crippen LogP contribution in [0, 0.1) is 0 Å². The van der Waals surface area contributed by atoms with Crippen LogP contribution in [0.4, 0.5) is 0 Å². The fraction of sp³-hybridized carbons (Fsp3) is 0.286. The van der Waals surface area contributed by atoms with Crippen molar-refractivity contribution in [3.63, 3.8) is 0 Å². The van der Waals surface area contributed by atoms with Gasteiger partial charge in [0, 0.05) is 18.4 Å². The van der Waals surface area contributed by atoms with Crippen molar-refractivity contribution in [2.45, 2.75) is 25.8 Å². The number of hydrogen-bond acceptors (Lipinski definition) is 2. The highest BCUT2D eigenvalue weighted by Gasteiger charge is 2.02. The van der Waals surface area contributed by atoms with Gasteiger partial charge in [0.25, 0.3) is 0 Å². The van der Waals surface area contributed by atoms with Gasteiger partial charge >= 0.3 is 0 Å². The molecule has 0 fully saturated rings. The molecule has 17 heavy (non-hydrogen) atoms. The summed E-state index contributed by atoms with van der Waals surface area (Å²) in [6, 6.07) is 11.8. The molecule has 1 aromatic carbocycles. The van der Waals surface area contributed by atoms with Gasteiger partial charge in [0.2, 0.25) is 0 Å². The highest BCUT2D eigenvalue weighted by Crippen LogP contribution is 2.12. The first-order valence-electron chi connectivity index (χ1n) is 5.91. The molecule has 3 nitrogen and oxygen atoms in total. The Morgan fingerprint density at radius 3 is 2.47 bits per heavy atom. The van der Waals surface area contributed by atoms with Crippen molar-refractivity contribution in [1.82, 2.24) is 4.68 Å². The van der Waals surface area contributed by atoms with Gasteiger partial charge in [0.15, 0.2) is 0 Å². The number of phenols is 1. The van der Waals surface area contributed by atoms with E-state index in [2.05, 4.69) is 12.3 Å². The van der Waals surface area contributed by atoms with E-state index in [4.69, 9.17) is 0 Å². The predicted octanol–water partition coefficient (Wildman–Crippen LogP) is 2.76. The first-order chi connectivity index (χ1) is 8.24. The number of phenolic OH excluding ortho intramolecular Hbond substituents is 1. The molecule has 0 saturated carbocycles. The molecule has 0 saturated heterocycles. The van der Waals surface area contributed by atoms with Gasteiger partial charge in [-0.05, 0) is 49.6 Å². The summed E-state index contributed by atoms with van der Waals surface area (Å²) in [5, 5.41) is 9.19. The van der Waals surface area contributed by atoms with E-state index in [1.807, 2.05) is 41.3 Å². The van der Waals surface area contributed by atoms with E-state index < -0.39 is 0 Å². The highest BCUT2D eigenvalue weighted by molar-refractivity contribution is 5.25. The summed E-state index contributed by atoms with van der Waals surface area (Å²) in [5.41, 5.74) is 4.62. The summed E-state index contributed by atoms with van der Waals surface area (Å²) < 4.78 is 1.97. The van der Waals surface area contributed by atoms with E-state index >= 15 is 0 Å². The summed E-state index contributed by atoms with van der Waals surface area (Å²) >= 11 is 0. The molecular formula is C14H18N2O. The monoisotopic (exact) mass is 230 g/mol. The van der Waals surface area contributed by atoms with Crippen LogP contribution in [0.5, 0.6) is 5.75 Å². The van der Waals surface area contributed by atoms with Crippen molar-refractivity contribution in [2.24, 2.45) is 0 Å². The second kappa shape index (κ2) is 5.43. The zero-order valence-corrected chi connectivity index (χ0v) is 10.0. The number of aromatic nitrogens is 1. The average Bonchev–Trinajstić information content (AvgIpc) is 2.81. The Balaban J connectivity index is 1.79. The number of nitrogens with one attached hydrogen (secondary N) is 1. The minimum atomic E-state index is 0.326. The van der Waals surface area contributed by atoms with Crippen LogP contribution in [-0.2, 0) is 6.42 Å². The second-order valence-electron chi connectivity index (χ2n) is 4.33. The Morgan fingerprint density at radius 2 is 1.82 bits per heavy atom. The molecule has 0 radical (unpaired) electrons. The lowest BCUT2D eigenvalue weighted by atomic mass is 10.1. The lowest BCUT2D eigenvalue weighted by Crippen LogP contribution is -2.24. The Kier molecular flexibility index (Phi) is 3.70. The lowest BCUT2D eigenvalue weighted by Gasteiger charge is -2.16. The first kappa shape index (κ1) is 11.6. The van der Waals surface area contributed by atoms with Crippen molar-refractivity contribution in [3.05, 3.63) is 54.4 Å². The number of hydrogen-bond donors (Lipinski definition) is 2. The summed E-state index contributed by atoms with van der Waals surface area (Å²) in [4.78, 5) is 0. The number of aromatic hydroxyl groups is 1. The van der Waals surface area contributed by atoms with Gasteiger partial charge < -0.3 is 10.5 Å². The highest BCUT2D eigenvalue weighted by atomic mass is 16.3. The molecule has 2 aromatic rings. The van der Waals surface area contributed by atoms with E-state index in [-0.39, 0.29) is 0 Å². The third-order valence-electron chi connectivity index (χ3n) is 2.78. The molecule has 0 spiro atoms. The van der Waals surface area contributed by atoms with Gasteiger partial charge in [-0.3, -0.25) is 4.68 Å². The molecule has 0 amide bonds. The lowest BCUT2D eigenvalue weighted by molar-refractivity contribution is 0.475. The molecule has 1 aromatic heterocycles. The maximum absolute atomic E-state index is 9.19. The third kappa shape index (κ3) is 3.55. The molecule has 0 aliphatic heterocycles. The maximum Gasteiger partial charge on any atom is 0.115 e. The normalized spacial score (nSPS) is 12.3. The summed E-state index contributed by atoms with van der Waals surface area (Å²) in [5.74, 6) is 0.326. The van der Waals surface area contributed by atoms with Gasteiger partial charge in [-0.15, -0.1) is 0 Å². The molecule has 2 rings (SSSR count). The fourth-order valence-electron chi connectivity index (χ4n) is 1.79. The van der Waals surface area contributed by atoms with Crippen LogP contribution in [0.15, 0.2) is 48.8 Å². The zero-order valence-electron chi connectivity index (χ0n) is 10.0. The average molecular weight is 230 g/mol. The van der Waals surface area contributed by atoms with Gasteiger partial charge in [0.05, 0.1) is 0 Å². The SMILES string of the molecule is CC(CCc1ccc(O)cc1)Nn1cccc1. The molecule has 1 unspecified atom stereocenters.